The summed E-state index contributed by atoms with van der Waals surface area (Å²) < 4.78 is 0. The minimum atomic E-state index is 0.0264. The molecule has 0 aliphatic rings. The van der Waals surface area contributed by atoms with Crippen LogP contribution in [-0.4, -0.2) is 4.98 Å². The van der Waals surface area contributed by atoms with Crippen molar-refractivity contribution < 1.29 is 0 Å². The molecule has 0 unspecified atom stereocenters. The van der Waals surface area contributed by atoms with Gasteiger partial charge in [0.1, 0.15) is 0 Å². The third-order valence-electron chi connectivity index (χ3n) is 7.90. The highest BCUT2D eigenvalue weighted by Gasteiger charge is 2.21. The van der Waals surface area contributed by atoms with Crippen LogP contribution in [0, 0.1) is 0 Å². The average molecular weight is 523 g/mol. The number of H-pyrrole nitrogens is 1. The third kappa shape index (κ3) is 4.91. The van der Waals surface area contributed by atoms with Crippen LogP contribution in [0.3, 0.4) is 0 Å². The van der Waals surface area contributed by atoms with E-state index in [1.54, 1.807) is 0 Å². The van der Waals surface area contributed by atoms with Crippen LogP contribution < -0.4 is 5.32 Å². The van der Waals surface area contributed by atoms with Crippen LogP contribution in [0.15, 0.2) is 109 Å². The molecule has 2 N–H and O–H groups in total. The first kappa shape index (κ1) is 26.0. The number of anilines is 2. The Morgan fingerprint density at radius 1 is 0.525 bits per heavy atom. The van der Waals surface area contributed by atoms with Crippen LogP contribution in [0.25, 0.3) is 44.1 Å². The van der Waals surface area contributed by atoms with Crippen LogP contribution in [0.5, 0.6) is 0 Å². The van der Waals surface area contributed by atoms with Crippen molar-refractivity contribution in [1.82, 2.24) is 4.98 Å². The van der Waals surface area contributed by atoms with Crippen molar-refractivity contribution in [3.05, 3.63) is 120 Å². The largest absolute Gasteiger partial charge is 0.355 e. The summed E-state index contributed by atoms with van der Waals surface area (Å²) in [6.45, 7) is 13.7. The van der Waals surface area contributed by atoms with Gasteiger partial charge in [0.25, 0.3) is 0 Å². The van der Waals surface area contributed by atoms with E-state index in [0.29, 0.717) is 0 Å². The first-order valence-corrected chi connectivity index (χ1v) is 14.2. The van der Waals surface area contributed by atoms with Gasteiger partial charge in [0, 0.05) is 38.8 Å². The van der Waals surface area contributed by atoms with Gasteiger partial charge in [0.15, 0.2) is 0 Å². The zero-order chi connectivity index (χ0) is 28.1. The van der Waals surface area contributed by atoms with Gasteiger partial charge in [-0.05, 0) is 75.5 Å². The summed E-state index contributed by atoms with van der Waals surface area (Å²) in [5.41, 5.74) is 12.2. The van der Waals surface area contributed by atoms with Crippen molar-refractivity contribution in [2.75, 3.05) is 5.32 Å². The predicted molar refractivity (Wildman–Crippen MR) is 174 cm³/mol. The van der Waals surface area contributed by atoms with E-state index < -0.39 is 0 Å². The summed E-state index contributed by atoms with van der Waals surface area (Å²) in [5, 5.41) is 6.30. The van der Waals surface area contributed by atoms with Gasteiger partial charge in [0.05, 0.1) is 5.52 Å². The van der Waals surface area contributed by atoms with Crippen LogP contribution in [0.1, 0.15) is 52.7 Å². The smallest absolute Gasteiger partial charge is 0.0544 e. The molecule has 1 aromatic heterocycles. The molecule has 0 fully saturated rings. The Hall–Kier alpha value is -4.30. The Morgan fingerprint density at radius 3 is 1.95 bits per heavy atom. The predicted octanol–water partition coefficient (Wildman–Crippen LogP) is 11.0. The molecule has 6 aromatic rings. The number of aromatic nitrogens is 1. The first-order chi connectivity index (χ1) is 19.1. The molecule has 0 atom stereocenters. The van der Waals surface area contributed by atoms with Gasteiger partial charge < -0.3 is 10.3 Å². The molecule has 0 amide bonds. The molecule has 1 heterocycles. The van der Waals surface area contributed by atoms with E-state index >= 15 is 0 Å². The summed E-state index contributed by atoms with van der Waals surface area (Å²) >= 11 is 0. The second kappa shape index (κ2) is 9.71. The Bertz CT molecular complexity index is 1830. The van der Waals surface area contributed by atoms with E-state index in [4.69, 9.17) is 0 Å². The molecule has 0 saturated carbocycles. The van der Waals surface area contributed by atoms with Gasteiger partial charge in [-0.3, -0.25) is 0 Å². The molecule has 2 heteroatoms. The second-order valence-corrected chi connectivity index (χ2v) is 12.9. The van der Waals surface area contributed by atoms with Gasteiger partial charge in [-0.25, -0.2) is 0 Å². The van der Waals surface area contributed by atoms with Gasteiger partial charge in [-0.1, -0.05) is 108 Å². The van der Waals surface area contributed by atoms with Crippen LogP contribution >= 0.6 is 0 Å². The van der Waals surface area contributed by atoms with E-state index in [1.807, 2.05) is 0 Å². The maximum Gasteiger partial charge on any atom is 0.0544 e. The highest BCUT2D eigenvalue weighted by molar-refractivity contribution is 6.12. The molecule has 0 aliphatic carbocycles. The fourth-order valence-electron chi connectivity index (χ4n) is 5.51. The standard InChI is InChI=1S/C38H38N2/c1-37(2,3)27-19-20-35-32(22-27)33-24-28(38(4,5)6)23-31(36(33)40-35)26-15-12-16-29(21-26)39-34-18-11-10-17-30(34)25-13-8-7-9-14-25/h7-24,39-40H,1-6H3. The first-order valence-electron chi connectivity index (χ1n) is 14.2. The lowest BCUT2D eigenvalue weighted by Gasteiger charge is -2.21. The molecule has 6 rings (SSSR count). The molecule has 5 aromatic carbocycles. The Morgan fingerprint density at radius 2 is 1.20 bits per heavy atom. The van der Waals surface area contributed by atoms with E-state index in [2.05, 4.69) is 161 Å². The second-order valence-electron chi connectivity index (χ2n) is 12.9. The number of aromatic amines is 1. The van der Waals surface area contributed by atoms with Crippen LogP contribution in [0.4, 0.5) is 11.4 Å². The Labute approximate surface area is 238 Å². The highest BCUT2D eigenvalue weighted by atomic mass is 14.9. The highest BCUT2D eigenvalue weighted by Crippen LogP contribution is 2.40. The molecule has 0 radical (unpaired) electrons. The molecular formula is C38H38N2. The molecule has 0 aliphatic heterocycles. The number of hydrogen-bond donors (Lipinski definition) is 2. The number of benzene rings is 5. The summed E-state index contributed by atoms with van der Waals surface area (Å²) in [6.07, 6.45) is 0. The zero-order valence-electron chi connectivity index (χ0n) is 24.4. The maximum atomic E-state index is 3.78. The van der Waals surface area contributed by atoms with Gasteiger partial charge >= 0.3 is 0 Å². The monoisotopic (exact) mass is 522 g/mol. The van der Waals surface area contributed by atoms with Crippen molar-refractivity contribution >= 4 is 33.2 Å². The van der Waals surface area contributed by atoms with Crippen molar-refractivity contribution in [3.63, 3.8) is 0 Å². The quantitative estimate of drug-likeness (QED) is 0.237. The molecule has 0 spiro atoms. The van der Waals surface area contributed by atoms with Gasteiger partial charge in [-0.2, -0.15) is 0 Å². The molecular weight excluding hydrogens is 484 g/mol. The Kier molecular flexibility index (Phi) is 6.30. The van der Waals surface area contributed by atoms with E-state index in [1.165, 1.54) is 55.2 Å². The maximum absolute atomic E-state index is 3.78. The Balaban J connectivity index is 1.49. The molecule has 40 heavy (non-hydrogen) atoms. The topological polar surface area (TPSA) is 27.8 Å². The van der Waals surface area contributed by atoms with Crippen molar-refractivity contribution in [1.29, 1.82) is 0 Å². The van der Waals surface area contributed by atoms with E-state index in [-0.39, 0.29) is 10.8 Å². The summed E-state index contributed by atoms with van der Waals surface area (Å²) in [6, 6.07) is 39.5. The normalized spacial score (nSPS) is 12.2. The molecule has 200 valence electrons. The molecule has 2 nitrogen and oxygen atoms in total. The van der Waals surface area contributed by atoms with Gasteiger partial charge in [-0.15, -0.1) is 0 Å². The van der Waals surface area contributed by atoms with Crippen LogP contribution in [-0.2, 0) is 10.8 Å². The molecule has 0 saturated heterocycles. The van der Waals surface area contributed by atoms with E-state index in [0.717, 1.165) is 11.4 Å². The van der Waals surface area contributed by atoms with Crippen molar-refractivity contribution in [3.8, 4) is 22.3 Å². The minimum absolute atomic E-state index is 0.0264. The number of fused-ring (bicyclic) bond motifs is 3. The number of hydrogen-bond acceptors (Lipinski definition) is 1. The third-order valence-corrected chi connectivity index (χ3v) is 7.90. The molecule has 0 bridgehead atoms. The van der Waals surface area contributed by atoms with Crippen molar-refractivity contribution in [2.24, 2.45) is 0 Å². The number of nitrogens with one attached hydrogen (secondary N) is 2. The minimum Gasteiger partial charge on any atom is -0.355 e. The SMILES string of the molecule is CC(C)(C)c1ccc2[nH]c3c(-c4cccc(Nc5ccccc5-c5ccccc5)c4)cc(C(C)(C)C)cc3c2c1. The average Bonchev–Trinajstić information content (AvgIpc) is 3.31. The van der Waals surface area contributed by atoms with E-state index in [9.17, 15) is 0 Å². The fourth-order valence-corrected chi connectivity index (χ4v) is 5.51. The zero-order valence-corrected chi connectivity index (χ0v) is 24.4. The lowest BCUT2D eigenvalue weighted by Crippen LogP contribution is -2.11. The van der Waals surface area contributed by atoms with Crippen molar-refractivity contribution in [2.45, 2.75) is 52.4 Å². The number of rotatable bonds is 4. The van der Waals surface area contributed by atoms with Gasteiger partial charge in [0.2, 0.25) is 0 Å². The lowest BCUT2D eigenvalue weighted by atomic mass is 9.83. The summed E-state index contributed by atoms with van der Waals surface area (Å²) in [7, 11) is 0. The summed E-state index contributed by atoms with van der Waals surface area (Å²) in [4.78, 5) is 3.78. The summed E-state index contributed by atoms with van der Waals surface area (Å²) in [5.74, 6) is 0. The fraction of sp³-hybridized carbons (Fsp3) is 0.211. The number of para-hydroxylation sites is 1. The lowest BCUT2D eigenvalue weighted by molar-refractivity contribution is 0.590. The van der Waals surface area contributed by atoms with Crippen LogP contribution in [0.2, 0.25) is 0 Å².